The number of ether oxygens (including phenoxy) is 2. The first-order valence-electron chi connectivity index (χ1n) is 29.7. The summed E-state index contributed by atoms with van der Waals surface area (Å²) in [5.41, 5.74) is 0. The van der Waals surface area contributed by atoms with E-state index in [0.29, 0.717) is 6.42 Å². The largest absolute Gasteiger partial charge is 0.394 e. The molecule has 1 aliphatic rings. The van der Waals surface area contributed by atoms with E-state index in [-0.39, 0.29) is 12.5 Å². The topological polar surface area (TPSA) is 149 Å². The number of carbonyl (C=O) groups is 1. The van der Waals surface area contributed by atoms with Crippen molar-refractivity contribution >= 4 is 5.91 Å². The molecule has 412 valence electrons. The standard InChI is InChI=1S/C62H111NO8/c1-3-5-7-9-11-13-15-17-19-21-22-23-24-25-26-27-28-29-30-31-32-33-34-36-37-39-41-43-45-47-49-51-56(65)55(54-70-62-61(69)60(68)59(67)57(53-64)71-62)63-58(66)52-50-48-46-44-42-40-38-35-20-18-16-14-12-10-8-6-4-2/h6,8,12,14,18,20,38,40-41,43,49,51,55-57,59-62,64-65,67-69H,3-5,7,9-11,13,15-17,19,21-37,39,42,44-48,50,52-54H2,1-2H3,(H,63,66)/b8-6-,14-12-,20-18-,40-38-,43-41+,51-49+. The van der Waals surface area contributed by atoms with Gasteiger partial charge in [-0.1, -0.05) is 254 Å². The molecule has 0 aromatic heterocycles. The van der Waals surface area contributed by atoms with Gasteiger partial charge in [0.1, 0.15) is 24.4 Å². The van der Waals surface area contributed by atoms with Gasteiger partial charge in [0, 0.05) is 6.42 Å². The zero-order valence-corrected chi connectivity index (χ0v) is 45.7. The molecule has 1 rings (SSSR count). The molecule has 0 aliphatic carbocycles. The third-order valence-electron chi connectivity index (χ3n) is 13.8. The molecule has 0 spiro atoms. The highest BCUT2D eigenvalue weighted by Crippen LogP contribution is 2.23. The second-order valence-electron chi connectivity index (χ2n) is 20.4. The van der Waals surface area contributed by atoms with Crippen molar-refractivity contribution in [3.63, 3.8) is 0 Å². The molecular formula is C62H111NO8. The van der Waals surface area contributed by atoms with E-state index in [1.54, 1.807) is 6.08 Å². The highest BCUT2D eigenvalue weighted by atomic mass is 16.7. The van der Waals surface area contributed by atoms with Crippen molar-refractivity contribution < 1.29 is 39.8 Å². The van der Waals surface area contributed by atoms with Crippen LogP contribution in [0.1, 0.15) is 258 Å². The van der Waals surface area contributed by atoms with Gasteiger partial charge in [0.2, 0.25) is 5.91 Å². The lowest BCUT2D eigenvalue weighted by Gasteiger charge is -2.40. The number of nitrogens with one attached hydrogen (secondary N) is 1. The van der Waals surface area contributed by atoms with Gasteiger partial charge in [0.15, 0.2) is 6.29 Å². The Balaban J connectivity index is 2.21. The highest BCUT2D eigenvalue weighted by Gasteiger charge is 2.44. The second kappa shape index (κ2) is 51.1. The average Bonchev–Trinajstić information content (AvgIpc) is 3.37. The zero-order valence-electron chi connectivity index (χ0n) is 45.7. The summed E-state index contributed by atoms with van der Waals surface area (Å²) < 4.78 is 11.2. The third-order valence-corrected chi connectivity index (χ3v) is 13.8. The quantitative estimate of drug-likeness (QED) is 0.0261. The number of rotatable bonds is 50. The summed E-state index contributed by atoms with van der Waals surface area (Å²) in [5.74, 6) is -0.211. The molecule has 7 unspecified atom stereocenters. The maximum atomic E-state index is 13.0. The number of hydrogen-bond donors (Lipinski definition) is 6. The summed E-state index contributed by atoms with van der Waals surface area (Å²) in [5, 5.41) is 54.5. The Hall–Kier alpha value is -2.37. The molecule has 1 amide bonds. The first-order valence-corrected chi connectivity index (χ1v) is 29.7. The van der Waals surface area contributed by atoms with Gasteiger partial charge >= 0.3 is 0 Å². The van der Waals surface area contributed by atoms with Gasteiger partial charge < -0.3 is 40.3 Å². The molecule has 1 fully saturated rings. The van der Waals surface area contributed by atoms with E-state index >= 15 is 0 Å². The maximum Gasteiger partial charge on any atom is 0.220 e. The van der Waals surface area contributed by atoms with Crippen molar-refractivity contribution in [2.75, 3.05) is 13.2 Å². The summed E-state index contributed by atoms with van der Waals surface area (Å²) in [6, 6.07) is -0.839. The number of hydrogen-bond acceptors (Lipinski definition) is 8. The Morgan fingerprint density at radius 3 is 1.35 bits per heavy atom. The predicted molar refractivity (Wildman–Crippen MR) is 299 cm³/mol. The first-order chi connectivity index (χ1) is 34.8. The van der Waals surface area contributed by atoms with Gasteiger partial charge in [0.25, 0.3) is 0 Å². The molecule has 6 N–H and O–H groups in total. The summed E-state index contributed by atoms with van der Waals surface area (Å²) in [6.07, 6.45) is 64.2. The number of carbonyl (C=O) groups excluding carboxylic acids is 1. The maximum absolute atomic E-state index is 13.0. The smallest absolute Gasteiger partial charge is 0.220 e. The lowest BCUT2D eigenvalue weighted by molar-refractivity contribution is -0.302. The van der Waals surface area contributed by atoms with E-state index in [1.165, 1.54) is 161 Å². The van der Waals surface area contributed by atoms with Crippen molar-refractivity contribution in [2.45, 2.75) is 301 Å². The normalized spacial score (nSPS) is 19.8. The van der Waals surface area contributed by atoms with Crippen LogP contribution in [0.25, 0.3) is 0 Å². The van der Waals surface area contributed by atoms with Gasteiger partial charge in [-0.15, -0.1) is 0 Å². The minimum absolute atomic E-state index is 0.211. The molecule has 0 aromatic rings. The second-order valence-corrected chi connectivity index (χ2v) is 20.4. The van der Waals surface area contributed by atoms with Crippen molar-refractivity contribution in [1.82, 2.24) is 5.32 Å². The van der Waals surface area contributed by atoms with Crippen LogP contribution in [0.3, 0.4) is 0 Å². The Morgan fingerprint density at radius 1 is 0.493 bits per heavy atom. The van der Waals surface area contributed by atoms with Crippen LogP contribution in [0.2, 0.25) is 0 Å². The molecule has 1 saturated heterocycles. The molecule has 71 heavy (non-hydrogen) atoms. The van der Waals surface area contributed by atoms with Crippen LogP contribution in [0.4, 0.5) is 0 Å². The molecule has 0 radical (unpaired) electrons. The minimum atomic E-state index is -1.58. The molecule has 9 heteroatoms. The fourth-order valence-electron chi connectivity index (χ4n) is 9.11. The number of aliphatic hydroxyl groups is 5. The highest BCUT2D eigenvalue weighted by molar-refractivity contribution is 5.76. The predicted octanol–water partition coefficient (Wildman–Crippen LogP) is 14.8. The molecule has 0 saturated carbocycles. The van der Waals surface area contributed by atoms with E-state index in [1.807, 2.05) is 6.08 Å². The van der Waals surface area contributed by atoms with E-state index in [2.05, 4.69) is 79.9 Å². The van der Waals surface area contributed by atoms with Crippen molar-refractivity contribution in [2.24, 2.45) is 0 Å². The van der Waals surface area contributed by atoms with E-state index in [4.69, 9.17) is 9.47 Å². The van der Waals surface area contributed by atoms with E-state index in [0.717, 1.165) is 77.0 Å². The average molecular weight is 999 g/mol. The van der Waals surface area contributed by atoms with E-state index in [9.17, 15) is 30.3 Å². The van der Waals surface area contributed by atoms with Gasteiger partial charge in [-0.3, -0.25) is 4.79 Å². The summed E-state index contributed by atoms with van der Waals surface area (Å²) in [7, 11) is 0. The zero-order chi connectivity index (χ0) is 51.5. The van der Waals surface area contributed by atoms with Gasteiger partial charge in [-0.25, -0.2) is 0 Å². The molecule has 7 atom stereocenters. The Kier molecular flexibility index (Phi) is 48.0. The van der Waals surface area contributed by atoms with Gasteiger partial charge in [-0.2, -0.15) is 0 Å². The molecule has 0 aromatic carbocycles. The monoisotopic (exact) mass is 998 g/mol. The van der Waals surface area contributed by atoms with Crippen LogP contribution in [-0.2, 0) is 14.3 Å². The summed E-state index contributed by atoms with van der Waals surface area (Å²) in [6.45, 7) is 3.65. The fourth-order valence-corrected chi connectivity index (χ4v) is 9.11. The van der Waals surface area contributed by atoms with Crippen LogP contribution in [0, 0.1) is 0 Å². The van der Waals surface area contributed by atoms with E-state index < -0.39 is 49.5 Å². The molecule has 1 aliphatic heterocycles. The minimum Gasteiger partial charge on any atom is -0.394 e. The molecule has 9 nitrogen and oxygen atoms in total. The van der Waals surface area contributed by atoms with Gasteiger partial charge in [-0.05, 0) is 70.6 Å². The van der Waals surface area contributed by atoms with Crippen LogP contribution in [0.15, 0.2) is 72.9 Å². The van der Waals surface area contributed by atoms with Crippen LogP contribution < -0.4 is 5.32 Å². The molecule has 1 heterocycles. The number of unbranched alkanes of at least 4 members (excludes halogenated alkanes) is 30. The van der Waals surface area contributed by atoms with Gasteiger partial charge in [0.05, 0.1) is 25.4 Å². The molecular weight excluding hydrogens is 887 g/mol. The van der Waals surface area contributed by atoms with Crippen LogP contribution >= 0.6 is 0 Å². The lowest BCUT2D eigenvalue weighted by atomic mass is 9.99. The summed E-state index contributed by atoms with van der Waals surface area (Å²) in [4.78, 5) is 13.0. The van der Waals surface area contributed by atoms with Crippen molar-refractivity contribution in [3.8, 4) is 0 Å². The van der Waals surface area contributed by atoms with Crippen molar-refractivity contribution in [3.05, 3.63) is 72.9 Å². The fraction of sp³-hybridized carbons (Fsp3) is 0.790. The van der Waals surface area contributed by atoms with Crippen molar-refractivity contribution in [1.29, 1.82) is 0 Å². The number of amides is 1. The SMILES string of the molecule is CC/C=C\C/C=C\C/C=C\C/C=C\CCCCCCC(=O)NC(COC1OC(CO)C(O)C(O)C1O)C(O)/C=C/CC/C=C/CCCCCCCCCCCCCCCCCCCCCCCCCCC. The molecule has 0 bridgehead atoms. The van der Waals surface area contributed by atoms with Crippen LogP contribution in [-0.4, -0.2) is 87.5 Å². The summed E-state index contributed by atoms with van der Waals surface area (Å²) >= 11 is 0. The first kappa shape index (κ1) is 66.6. The Labute approximate surface area is 436 Å². The third kappa shape index (κ3) is 40.7. The lowest BCUT2D eigenvalue weighted by Crippen LogP contribution is -2.60. The number of aliphatic hydroxyl groups excluding tert-OH is 5. The van der Waals surface area contributed by atoms with Crippen LogP contribution in [0.5, 0.6) is 0 Å². The number of allylic oxidation sites excluding steroid dienone is 11. The Morgan fingerprint density at radius 2 is 0.887 bits per heavy atom. The Bertz CT molecular complexity index is 1340.